The number of nitrogens with zero attached hydrogens (tertiary/aromatic N) is 3. The summed E-state index contributed by atoms with van der Waals surface area (Å²) in [5, 5.41) is 10.2. The maximum Gasteiger partial charge on any atom is 0.280 e. The number of aromatic nitrogens is 4. The number of anilines is 1. The minimum absolute atomic E-state index is 0.0986. The van der Waals surface area contributed by atoms with Gasteiger partial charge < -0.3 is 0 Å². The molecule has 0 fully saturated rings. The minimum atomic E-state index is -3.61. The second-order valence-electron chi connectivity index (χ2n) is 3.33. The molecule has 0 aliphatic heterocycles. The second-order valence-corrected chi connectivity index (χ2v) is 4.96. The molecular weight excluding hydrogens is 230 g/mol. The number of nitrogens with one attached hydrogen (secondary N) is 2. The van der Waals surface area contributed by atoms with Crippen LogP contribution in [0.3, 0.4) is 0 Å². The summed E-state index contributed by atoms with van der Waals surface area (Å²) >= 11 is 0. The fraction of sp³-hybridized carbons (Fsp3) is 0.250. The van der Waals surface area contributed by atoms with Crippen molar-refractivity contribution in [3.63, 3.8) is 0 Å². The first kappa shape index (κ1) is 10.7. The number of aryl methyl sites for hydroxylation is 2. The molecule has 0 spiro atoms. The Bertz CT molecular complexity index is 597. The fourth-order valence-corrected chi connectivity index (χ4v) is 2.48. The molecule has 0 saturated carbocycles. The van der Waals surface area contributed by atoms with E-state index in [0.29, 0.717) is 5.82 Å². The van der Waals surface area contributed by atoms with Crippen molar-refractivity contribution in [3.05, 3.63) is 24.0 Å². The molecule has 0 amide bonds. The van der Waals surface area contributed by atoms with Crippen molar-refractivity contribution in [2.45, 2.75) is 11.9 Å². The summed E-state index contributed by atoms with van der Waals surface area (Å²) in [6.07, 6.45) is 2.97. The van der Waals surface area contributed by atoms with Gasteiger partial charge in [-0.2, -0.15) is 18.6 Å². The molecule has 0 atom stereocenters. The SMILES string of the molecule is Cc1cn[nH]c1NS(=O)(=O)c1ccnn1C. The van der Waals surface area contributed by atoms with Crippen LogP contribution in [0.5, 0.6) is 0 Å². The number of hydrogen-bond acceptors (Lipinski definition) is 4. The molecule has 2 rings (SSSR count). The summed E-state index contributed by atoms with van der Waals surface area (Å²) in [5.74, 6) is 0.362. The third-order valence-electron chi connectivity index (χ3n) is 2.12. The fourth-order valence-electron chi connectivity index (χ4n) is 1.26. The highest BCUT2D eigenvalue weighted by Gasteiger charge is 2.19. The molecule has 0 bridgehead atoms. The van der Waals surface area contributed by atoms with Crippen molar-refractivity contribution < 1.29 is 8.42 Å². The maximum absolute atomic E-state index is 11.9. The van der Waals surface area contributed by atoms with Crippen molar-refractivity contribution >= 4 is 15.8 Å². The summed E-state index contributed by atoms with van der Waals surface area (Å²) in [6.45, 7) is 1.75. The molecule has 2 heterocycles. The molecular formula is C8H11N5O2S. The highest BCUT2D eigenvalue weighted by molar-refractivity contribution is 7.92. The summed E-state index contributed by atoms with van der Waals surface area (Å²) < 4.78 is 27.5. The average molecular weight is 241 g/mol. The zero-order chi connectivity index (χ0) is 11.8. The molecule has 86 valence electrons. The maximum atomic E-state index is 11.9. The third kappa shape index (κ3) is 1.78. The Hall–Kier alpha value is -1.83. The van der Waals surface area contributed by atoms with Gasteiger partial charge in [-0.1, -0.05) is 0 Å². The minimum Gasteiger partial charge on any atom is -0.262 e. The van der Waals surface area contributed by atoms with Gasteiger partial charge in [-0.25, -0.2) is 0 Å². The van der Waals surface area contributed by atoms with Crippen LogP contribution >= 0.6 is 0 Å². The largest absolute Gasteiger partial charge is 0.280 e. The van der Waals surface area contributed by atoms with E-state index in [4.69, 9.17) is 0 Å². The predicted molar refractivity (Wildman–Crippen MR) is 57.3 cm³/mol. The lowest BCUT2D eigenvalue weighted by molar-refractivity contribution is 0.582. The molecule has 0 aromatic carbocycles. The van der Waals surface area contributed by atoms with Crippen molar-refractivity contribution in [2.75, 3.05) is 4.72 Å². The first-order valence-corrected chi connectivity index (χ1v) is 6.00. The Balaban J connectivity index is 2.36. The number of hydrogen-bond donors (Lipinski definition) is 2. The molecule has 7 nitrogen and oxygen atoms in total. The van der Waals surface area contributed by atoms with E-state index in [1.807, 2.05) is 0 Å². The molecule has 2 aromatic heterocycles. The van der Waals surface area contributed by atoms with Gasteiger partial charge in [-0.3, -0.25) is 14.5 Å². The standard InChI is InChI=1S/C8H11N5O2S/c1-6-5-9-11-8(6)12-16(14,15)7-3-4-10-13(7)2/h3-5H,1-2H3,(H2,9,11,12). The highest BCUT2D eigenvalue weighted by atomic mass is 32.2. The van der Waals surface area contributed by atoms with E-state index in [-0.39, 0.29) is 5.03 Å². The summed E-state index contributed by atoms with van der Waals surface area (Å²) in [7, 11) is -2.05. The van der Waals surface area contributed by atoms with Crippen LogP contribution in [0.2, 0.25) is 0 Å². The van der Waals surface area contributed by atoms with Gasteiger partial charge in [-0.05, 0) is 13.0 Å². The van der Waals surface area contributed by atoms with E-state index < -0.39 is 10.0 Å². The molecule has 0 saturated heterocycles. The van der Waals surface area contributed by atoms with Crippen LogP contribution < -0.4 is 4.72 Å². The number of H-pyrrole nitrogens is 1. The van der Waals surface area contributed by atoms with Gasteiger partial charge in [0.05, 0.1) is 12.4 Å². The quantitative estimate of drug-likeness (QED) is 0.805. The van der Waals surface area contributed by atoms with Gasteiger partial charge in [0.2, 0.25) is 0 Å². The summed E-state index contributed by atoms with van der Waals surface area (Å²) in [5.41, 5.74) is 0.728. The van der Waals surface area contributed by atoms with Crippen molar-refractivity contribution in [2.24, 2.45) is 7.05 Å². The Labute approximate surface area is 92.5 Å². The molecule has 2 aromatic rings. The highest BCUT2D eigenvalue weighted by Crippen LogP contribution is 2.15. The zero-order valence-corrected chi connectivity index (χ0v) is 9.61. The normalized spacial score (nSPS) is 11.6. The number of aromatic amines is 1. The molecule has 16 heavy (non-hydrogen) atoms. The van der Waals surface area contributed by atoms with E-state index in [1.54, 1.807) is 20.2 Å². The van der Waals surface area contributed by atoms with E-state index >= 15 is 0 Å². The lowest BCUT2D eigenvalue weighted by atomic mass is 10.4. The first-order chi connectivity index (χ1) is 7.50. The molecule has 0 aliphatic carbocycles. The Morgan fingerprint density at radius 2 is 2.25 bits per heavy atom. The van der Waals surface area contributed by atoms with Crippen LogP contribution in [0.1, 0.15) is 5.56 Å². The molecule has 0 unspecified atom stereocenters. The van der Waals surface area contributed by atoms with Crippen LogP contribution in [0.25, 0.3) is 0 Å². The monoisotopic (exact) mass is 241 g/mol. The van der Waals surface area contributed by atoms with Gasteiger partial charge >= 0.3 is 0 Å². The zero-order valence-electron chi connectivity index (χ0n) is 8.80. The molecule has 0 aliphatic rings. The Kier molecular flexibility index (Phi) is 2.43. The molecule has 2 N–H and O–H groups in total. The average Bonchev–Trinajstić information content (AvgIpc) is 2.76. The van der Waals surface area contributed by atoms with Crippen LogP contribution in [-0.2, 0) is 17.1 Å². The van der Waals surface area contributed by atoms with Crippen LogP contribution in [0.15, 0.2) is 23.5 Å². The predicted octanol–water partition coefficient (Wildman–Crippen LogP) is 0.252. The first-order valence-electron chi connectivity index (χ1n) is 4.51. The van der Waals surface area contributed by atoms with Crippen molar-refractivity contribution in [1.29, 1.82) is 0 Å². The van der Waals surface area contributed by atoms with Crippen LogP contribution in [0, 0.1) is 6.92 Å². The smallest absolute Gasteiger partial charge is 0.262 e. The topological polar surface area (TPSA) is 92.7 Å². The second kappa shape index (κ2) is 3.63. The van der Waals surface area contributed by atoms with E-state index in [9.17, 15) is 8.42 Å². The van der Waals surface area contributed by atoms with Gasteiger partial charge in [0.25, 0.3) is 10.0 Å². The lowest BCUT2D eigenvalue weighted by Crippen LogP contribution is -2.17. The summed E-state index contributed by atoms with van der Waals surface area (Å²) in [6, 6.07) is 1.42. The Morgan fingerprint density at radius 3 is 2.75 bits per heavy atom. The summed E-state index contributed by atoms with van der Waals surface area (Å²) in [4.78, 5) is 0. The molecule has 0 radical (unpaired) electrons. The van der Waals surface area contributed by atoms with Gasteiger partial charge in [0.15, 0.2) is 5.03 Å². The van der Waals surface area contributed by atoms with Gasteiger partial charge in [0.1, 0.15) is 5.82 Å². The van der Waals surface area contributed by atoms with Crippen molar-refractivity contribution in [3.8, 4) is 0 Å². The lowest BCUT2D eigenvalue weighted by Gasteiger charge is -2.06. The van der Waals surface area contributed by atoms with Gasteiger partial charge in [0, 0.05) is 12.6 Å². The van der Waals surface area contributed by atoms with Gasteiger partial charge in [-0.15, -0.1) is 0 Å². The number of sulfonamides is 1. The third-order valence-corrected chi connectivity index (χ3v) is 3.54. The van der Waals surface area contributed by atoms with Crippen LogP contribution in [0.4, 0.5) is 5.82 Å². The Morgan fingerprint density at radius 1 is 1.50 bits per heavy atom. The van der Waals surface area contributed by atoms with Crippen LogP contribution in [-0.4, -0.2) is 28.4 Å². The van der Waals surface area contributed by atoms with E-state index in [2.05, 4.69) is 20.0 Å². The van der Waals surface area contributed by atoms with Crippen molar-refractivity contribution in [1.82, 2.24) is 20.0 Å². The van der Waals surface area contributed by atoms with E-state index in [0.717, 1.165) is 5.56 Å². The number of rotatable bonds is 3. The van der Waals surface area contributed by atoms with E-state index in [1.165, 1.54) is 16.9 Å². The molecule has 8 heteroatoms.